The van der Waals surface area contributed by atoms with Gasteiger partial charge < -0.3 is 38.6 Å². The van der Waals surface area contributed by atoms with Gasteiger partial charge in [-0.05, 0) is 18.4 Å². The number of rotatable bonds is 6. The summed E-state index contributed by atoms with van der Waals surface area (Å²) in [5, 5.41) is 20.6. The van der Waals surface area contributed by atoms with E-state index in [9.17, 15) is 10.2 Å². The molecule has 168 valence electrons. The van der Waals surface area contributed by atoms with E-state index < -0.39 is 0 Å². The Bertz CT molecular complexity index is 741. The molecule has 7 atom stereocenters. The van der Waals surface area contributed by atoms with Gasteiger partial charge in [-0.15, -0.1) is 0 Å². The van der Waals surface area contributed by atoms with Crippen molar-refractivity contribution in [3.05, 3.63) is 34.9 Å². The first-order chi connectivity index (χ1) is 14.5. The third-order valence-corrected chi connectivity index (χ3v) is 7.08. The third-order valence-electron chi connectivity index (χ3n) is 7.08. The minimum Gasteiger partial charge on any atom is -0.506 e. The maximum atomic E-state index is 10.3. The Hall–Kier alpha value is -1.90. The molecule has 0 aromatic heterocycles. The van der Waals surface area contributed by atoms with Crippen LogP contribution in [0.15, 0.2) is 34.9 Å². The van der Waals surface area contributed by atoms with Crippen molar-refractivity contribution in [3.8, 4) is 0 Å². The number of aliphatic hydroxyl groups is 2. The number of hydrogen-bond acceptors (Lipinski definition) is 8. The van der Waals surface area contributed by atoms with Crippen LogP contribution in [0, 0.1) is 23.7 Å². The number of ether oxygens (including phenoxy) is 6. The second-order valence-corrected chi connectivity index (χ2v) is 8.44. The van der Waals surface area contributed by atoms with Crippen LogP contribution >= 0.6 is 0 Å². The third kappa shape index (κ3) is 3.55. The zero-order chi connectivity index (χ0) is 21.4. The molecule has 0 bridgehead atoms. The number of fused-ring (bicyclic) bond motifs is 1. The highest BCUT2D eigenvalue weighted by Crippen LogP contribution is 2.48. The van der Waals surface area contributed by atoms with Crippen molar-refractivity contribution in [1.29, 1.82) is 0 Å². The molecule has 2 heterocycles. The second kappa shape index (κ2) is 8.69. The van der Waals surface area contributed by atoms with Crippen LogP contribution in [-0.4, -0.2) is 70.2 Å². The molecule has 4 aliphatic rings. The molecule has 8 heteroatoms. The SMILES string of the molecule is COC1=CC([C@H]2OC[C@H]3[C@@H]2CO[C@@H]3C2CC(OC)=C(O)C(OC)C2)CC(OC)=C1O. The topological polar surface area (TPSA) is 95.8 Å². The quantitative estimate of drug-likeness (QED) is 0.672. The van der Waals surface area contributed by atoms with Gasteiger partial charge in [0.25, 0.3) is 0 Å². The predicted octanol–water partition coefficient (Wildman–Crippen LogP) is 2.82. The van der Waals surface area contributed by atoms with Crippen LogP contribution < -0.4 is 0 Å². The molecule has 2 fully saturated rings. The molecule has 0 aromatic carbocycles. The normalized spacial score (nSPS) is 39.1. The molecule has 3 unspecified atom stereocenters. The highest BCUT2D eigenvalue weighted by atomic mass is 16.5. The fraction of sp³-hybridized carbons (Fsp3) is 0.727. The molecular weight excluding hydrogens is 392 g/mol. The van der Waals surface area contributed by atoms with E-state index in [0.29, 0.717) is 49.8 Å². The van der Waals surface area contributed by atoms with E-state index in [1.807, 2.05) is 6.08 Å². The summed E-state index contributed by atoms with van der Waals surface area (Å²) in [7, 11) is 6.27. The Morgan fingerprint density at radius 1 is 0.867 bits per heavy atom. The Labute approximate surface area is 177 Å². The summed E-state index contributed by atoms with van der Waals surface area (Å²) in [5.41, 5.74) is 0. The van der Waals surface area contributed by atoms with E-state index >= 15 is 0 Å². The Balaban J connectivity index is 1.49. The molecule has 2 aliphatic heterocycles. The molecule has 2 aliphatic carbocycles. The van der Waals surface area contributed by atoms with Crippen molar-refractivity contribution in [3.63, 3.8) is 0 Å². The smallest absolute Gasteiger partial charge is 0.196 e. The van der Waals surface area contributed by atoms with Gasteiger partial charge in [-0.25, -0.2) is 0 Å². The van der Waals surface area contributed by atoms with Gasteiger partial charge in [-0.3, -0.25) is 0 Å². The molecule has 0 spiro atoms. The summed E-state index contributed by atoms with van der Waals surface area (Å²) >= 11 is 0. The highest BCUT2D eigenvalue weighted by Gasteiger charge is 2.53. The predicted molar refractivity (Wildman–Crippen MR) is 107 cm³/mol. The lowest BCUT2D eigenvalue weighted by Gasteiger charge is -2.34. The first-order valence-corrected chi connectivity index (χ1v) is 10.5. The van der Waals surface area contributed by atoms with Crippen LogP contribution in [0.1, 0.15) is 19.3 Å². The molecule has 4 rings (SSSR count). The van der Waals surface area contributed by atoms with Crippen LogP contribution in [0.3, 0.4) is 0 Å². The van der Waals surface area contributed by atoms with Gasteiger partial charge in [-0.1, -0.05) is 0 Å². The first kappa shape index (κ1) is 21.3. The van der Waals surface area contributed by atoms with Crippen molar-refractivity contribution >= 4 is 0 Å². The van der Waals surface area contributed by atoms with Crippen LogP contribution in [0.2, 0.25) is 0 Å². The molecule has 2 N–H and O–H groups in total. The van der Waals surface area contributed by atoms with Gasteiger partial charge in [0.2, 0.25) is 0 Å². The zero-order valence-corrected chi connectivity index (χ0v) is 18.0. The number of aliphatic hydroxyl groups excluding tert-OH is 2. The summed E-state index contributed by atoms with van der Waals surface area (Å²) in [4.78, 5) is 0. The fourth-order valence-corrected chi connectivity index (χ4v) is 5.52. The standard InChI is InChI=1S/C22H32O8/c1-25-15-5-11(6-16(26-2)19(15)23)21-13-9-30-22(14(13)10-29-21)12-7-17(27-3)20(24)18(8-12)28-4/h5,11-14,17,21-24H,6-10H2,1-4H3/t11?,12?,13-,14-,17?,21+,22+/m0/s1. The molecule has 0 amide bonds. The molecule has 0 radical (unpaired) electrons. The molecular formula is C22H32O8. The average Bonchev–Trinajstić information content (AvgIpc) is 3.36. The number of allylic oxidation sites excluding steroid dienone is 2. The van der Waals surface area contributed by atoms with Crippen molar-refractivity contribution < 1.29 is 38.6 Å². The summed E-state index contributed by atoms with van der Waals surface area (Å²) in [5.74, 6) is 2.49. The molecule has 2 saturated heterocycles. The van der Waals surface area contributed by atoms with Crippen molar-refractivity contribution in [2.75, 3.05) is 41.7 Å². The number of methoxy groups -OCH3 is 4. The Morgan fingerprint density at radius 3 is 2.17 bits per heavy atom. The lowest BCUT2D eigenvalue weighted by molar-refractivity contribution is -0.0377. The number of hydrogen-bond donors (Lipinski definition) is 2. The van der Waals surface area contributed by atoms with E-state index in [0.717, 1.165) is 0 Å². The van der Waals surface area contributed by atoms with Gasteiger partial charge in [0.15, 0.2) is 17.3 Å². The maximum absolute atomic E-state index is 10.3. The fourth-order valence-electron chi connectivity index (χ4n) is 5.52. The lowest BCUT2D eigenvalue weighted by atomic mass is 9.76. The summed E-state index contributed by atoms with van der Waals surface area (Å²) in [6.07, 6.45) is 3.43. The van der Waals surface area contributed by atoms with E-state index in [1.165, 1.54) is 7.11 Å². The lowest BCUT2D eigenvalue weighted by Crippen LogP contribution is -2.36. The van der Waals surface area contributed by atoms with Gasteiger partial charge in [0, 0.05) is 37.7 Å². The minimum atomic E-state index is -0.373. The van der Waals surface area contributed by atoms with E-state index in [4.69, 9.17) is 28.4 Å². The van der Waals surface area contributed by atoms with Gasteiger partial charge in [-0.2, -0.15) is 0 Å². The summed E-state index contributed by atoms with van der Waals surface area (Å²) in [6, 6.07) is 0. The minimum absolute atomic E-state index is 0.0243. The molecule has 0 aromatic rings. The van der Waals surface area contributed by atoms with Crippen LogP contribution in [0.4, 0.5) is 0 Å². The second-order valence-electron chi connectivity index (χ2n) is 8.44. The summed E-state index contributed by atoms with van der Waals surface area (Å²) < 4.78 is 34.2. The summed E-state index contributed by atoms with van der Waals surface area (Å²) in [6.45, 7) is 1.24. The van der Waals surface area contributed by atoms with Gasteiger partial charge >= 0.3 is 0 Å². The van der Waals surface area contributed by atoms with E-state index in [2.05, 4.69) is 0 Å². The monoisotopic (exact) mass is 424 g/mol. The maximum Gasteiger partial charge on any atom is 0.196 e. The highest BCUT2D eigenvalue weighted by molar-refractivity contribution is 5.29. The van der Waals surface area contributed by atoms with Crippen molar-refractivity contribution in [1.82, 2.24) is 0 Å². The van der Waals surface area contributed by atoms with Gasteiger partial charge in [0.1, 0.15) is 17.6 Å². The van der Waals surface area contributed by atoms with Crippen molar-refractivity contribution in [2.45, 2.75) is 37.6 Å². The Morgan fingerprint density at radius 2 is 1.53 bits per heavy atom. The van der Waals surface area contributed by atoms with Gasteiger partial charge in [0.05, 0.1) is 46.8 Å². The molecule has 8 nitrogen and oxygen atoms in total. The van der Waals surface area contributed by atoms with Crippen LogP contribution in [-0.2, 0) is 28.4 Å². The van der Waals surface area contributed by atoms with E-state index in [-0.39, 0.29) is 53.5 Å². The average molecular weight is 424 g/mol. The van der Waals surface area contributed by atoms with Crippen LogP contribution in [0.25, 0.3) is 0 Å². The zero-order valence-electron chi connectivity index (χ0n) is 18.0. The van der Waals surface area contributed by atoms with E-state index in [1.54, 1.807) is 21.3 Å². The van der Waals surface area contributed by atoms with Crippen LogP contribution in [0.5, 0.6) is 0 Å². The largest absolute Gasteiger partial charge is 0.506 e. The van der Waals surface area contributed by atoms with Crippen molar-refractivity contribution in [2.24, 2.45) is 23.7 Å². The Kier molecular flexibility index (Phi) is 6.18. The molecule has 0 saturated carbocycles. The molecule has 30 heavy (non-hydrogen) atoms. The first-order valence-electron chi connectivity index (χ1n) is 10.5.